The molecule has 68 valence electrons. The van der Waals surface area contributed by atoms with Crippen LogP contribution in [0, 0.1) is 11.3 Å². The minimum Gasteiger partial charge on any atom is -0.192 e. The smallest absolute Gasteiger partial charge is 0.110 e. The molecule has 1 aromatic carbocycles. The maximum absolute atomic E-state index is 8.69. The molecule has 14 heavy (non-hydrogen) atoms. The second-order valence-electron chi connectivity index (χ2n) is 2.76. The topological polar surface area (TPSA) is 23.8 Å². The Kier molecular flexibility index (Phi) is 2.53. The van der Waals surface area contributed by atoms with Crippen molar-refractivity contribution in [1.29, 1.82) is 5.26 Å². The average Bonchev–Trinajstić information content (AvgIpc) is 2.67. The maximum atomic E-state index is 8.69. The van der Waals surface area contributed by atoms with Gasteiger partial charge in [0.15, 0.2) is 0 Å². The summed E-state index contributed by atoms with van der Waals surface area (Å²) in [5, 5.41) is 9.42. The Balaban J connectivity index is 2.51. The van der Waals surface area contributed by atoms with E-state index in [1.165, 1.54) is 11.3 Å². The number of halogens is 1. The van der Waals surface area contributed by atoms with E-state index < -0.39 is 0 Å². The third kappa shape index (κ3) is 1.65. The van der Waals surface area contributed by atoms with E-state index >= 15 is 0 Å². The van der Waals surface area contributed by atoms with Crippen LogP contribution in [0.4, 0.5) is 0 Å². The first-order valence-electron chi connectivity index (χ1n) is 4.06. The Bertz CT molecular complexity index is 496. The largest absolute Gasteiger partial charge is 0.192 e. The van der Waals surface area contributed by atoms with E-state index in [0.717, 1.165) is 15.5 Å². The van der Waals surface area contributed by atoms with Crippen molar-refractivity contribution in [3.8, 4) is 16.5 Å². The number of hydrogen-bond donors (Lipinski definition) is 0. The van der Waals surface area contributed by atoms with Gasteiger partial charge in [-0.2, -0.15) is 5.26 Å². The summed E-state index contributed by atoms with van der Waals surface area (Å²) in [7, 11) is 0. The van der Waals surface area contributed by atoms with E-state index in [0.29, 0.717) is 4.88 Å². The zero-order chi connectivity index (χ0) is 9.97. The number of benzene rings is 1. The van der Waals surface area contributed by atoms with Crippen molar-refractivity contribution in [2.45, 2.75) is 0 Å². The summed E-state index contributed by atoms with van der Waals surface area (Å²) in [6.45, 7) is 0. The Morgan fingerprint density at radius 1 is 1.14 bits per heavy atom. The van der Waals surface area contributed by atoms with E-state index in [1.54, 1.807) is 0 Å². The lowest BCUT2D eigenvalue weighted by Crippen LogP contribution is -1.72. The molecule has 0 aliphatic heterocycles. The van der Waals surface area contributed by atoms with Crippen molar-refractivity contribution in [3.05, 3.63) is 46.3 Å². The maximum Gasteiger partial charge on any atom is 0.110 e. The molecule has 0 atom stereocenters. The van der Waals surface area contributed by atoms with Crippen molar-refractivity contribution < 1.29 is 0 Å². The molecule has 1 aromatic heterocycles. The lowest BCUT2D eigenvalue weighted by molar-refractivity contribution is 1.52. The average molecular weight is 220 g/mol. The van der Waals surface area contributed by atoms with Crippen molar-refractivity contribution in [1.82, 2.24) is 0 Å². The number of nitriles is 1. The molecule has 0 saturated carbocycles. The standard InChI is InChI=1S/C11H6ClNS/c12-10-4-2-1-3-9(10)11-6-5-8(7-13)14-11/h1-6H. The number of hydrogen-bond acceptors (Lipinski definition) is 2. The second kappa shape index (κ2) is 3.83. The first kappa shape index (κ1) is 9.26. The summed E-state index contributed by atoms with van der Waals surface area (Å²) in [6, 6.07) is 13.5. The minimum atomic E-state index is 0.708. The third-order valence-corrected chi connectivity index (χ3v) is 3.21. The zero-order valence-electron chi connectivity index (χ0n) is 7.20. The second-order valence-corrected chi connectivity index (χ2v) is 4.25. The van der Waals surface area contributed by atoms with E-state index in [1.807, 2.05) is 36.4 Å². The molecule has 0 aliphatic rings. The Labute approximate surface area is 91.2 Å². The van der Waals surface area contributed by atoms with Gasteiger partial charge in [-0.3, -0.25) is 0 Å². The van der Waals surface area contributed by atoms with Crippen LogP contribution < -0.4 is 0 Å². The quantitative estimate of drug-likeness (QED) is 0.713. The van der Waals surface area contributed by atoms with Crippen molar-refractivity contribution in [3.63, 3.8) is 0 Å². The van der Waals surface area contributed by atoms with Gasteiger partial charge in [-0.25, -0.2) is 0 Å². The van der Waals surface area contributed by atoms with Crippen molar-refractivity contribution in [2.24, 2.45) is 0 Å². The molecule has 0 spiro atoms. The van der Waals surface area contributed by atoms with Gasteiger partial charge in [0.05, 0.1) is 0 Å². The number of nitrogens with zero attached hydrogens (tertiary/aromatic N) is 1. The number of thiophene rings is 1. The highest BCUT2D eigenvalue weighted by atomic mass is 35.5. The molecule has 0 saturated heterocycles. The molecule has 0 amide bonds. The monoisotopic (exact) mass is 219 g/mol. The van der Waals surface area contributed by atoms with Gasteiger partial charge in [0, 0.05) is 15.5 Å². The molecule has 0 fully saturated rings. The molecule has 2 rings (SSSR count). The predicted octanol–water partition coefficient (Wildman–Crippen LogP) is 3.94. The highest BCUT2D eigenvalue weighted by Gasteiger charge is 2.05. The van der Waals surface area contributed by atoms with Crippen molar-refractivity contribution >= 4 is 22.9 Å². The fourth-order valence-electron chi connectivity index (χ4n) is 1.20. The summed E-state index contributed by atoms with van der Waals surface area (Å²) in [5.41, 5.74) is 0.987. The number of rotatable bonds is 1. The first-order valence-corrected chi connectivity index (χ1v) is 5.25. The van der Waals surface area contributed by atoms with Crippen LogP contribution in [0.25, 0.3) is 10.4 Å². The van der Waals surface area contributed by atoms with Gasteiger partial charge in [0.1, 0.15) is 10.9 Å². The Hall–Kier alpha value is -1.30. The normalized spacial score (nSPS) is 9.71. The SMILES string of the molecule is N#Cc1ccc(-c2ccccc2Cl)s1. The minimum absolute atomic E-state index is 0.708. The summed E-state index contributed by atoms with van der Waals surface area (Å²) in [4.78, 5) is 1.74. The van der Waals surface area contributed by atoms with Crippen LogP contribution in [0.2, 0.25) is 5.02 Å². The molecule has 1 nitrogen and oxygen atoms in total. The zero-order valence-corrected chi connectivity index (χ0v) is 8.77. The molecule has 0 unspecified atom stereocenters. The molecule has 3 heteroatoms. The van der Waals surface area contributed by atoms with Gasteiger partial charge < -0.3 is 0 Å². The summed E-state index contributed by atoms with van der Waals surface area (Å²) >= 11 is 7.49. The highest BCUT2D eigenvalue weighted by molar-refractivity contribution is 7.16. The van der Waals surface area contributed by atoms with Crippen LogP contribution >= 0.6 is 22.9 Å². The molecule has 0 bridgehead atoms. The fourth-order valence-corrected chi connectivity index (χ4v) is 2.34. The highest BCUT2D eigenvalue weighted by Crippen LogP contribution is 2.32. The van der Waals surface area contributed by atoms with Crippen molar-refractivity contribution in [2.75, 3.05) is 0 Å². The van der Waals surface area contributed by atoms with Gasteiger partial charge in [0.25, 0.3) is 0 Å². The van der Waals surface area contributed by atoms with Crippen LogP contribution in [0.15, 0.2) is 36.4 Å². The molecule has 1 heterocycles. The summed E-state index contributed by atoms with van der Waals surface area (Å²) in [6.07, 6.45) is 0. The van der Waals surface area contributed by atoms with Crippen LogP contribution in [0.5, 0.6) is 0 Å². The van der Waals surface area contributed by atoms with Gasteiger partial charge in [-0.15, -0.1) is 11.3 Å². The lowest BCUT2D eigenvalue weighted by Gasteiger charge is -1.98. The fraction of sp³-hybridized carbons (Fsp3) is 0. The van der Waals surface area contributed by atoms with Crippen LogP contribution in [0.1, 0.15) is 4.88 Å². The predicted molar refractivity (Wildman–Crippen MR) is 59.5 cm³/mol. The van der Waals surface area contributed by atoms with Crippen LogP contribution in [-0.2, 0) is 0 Å². The summed E-state index contributed by atoms with van der Waals surface area (Å²) < 4.78 is 0. The Morgan fingerprint density at radius 2 is 1.93 bits per heavy atom. The first-order chi connectivity index (χ1) is 6.81. The molecule has 0 N–H and O–H groups in total. The molecular weight excluding hydrogens is 214 g/mol. The molecule has 0 radical (unpaired) electrons. The molecule has 0 aliphatic carbocycles. The summed E-state index contributed by atoms with van der Waals surface area (Å²) in [5.74, 6) is 0. The Morgan fingerprint density at radius 3 is 2.57 bits per heavy atom. The van der Waals surface area contributed by atoms with Crippen LogP contribution in [-0.4, -0.2) is 0 Å². The van der Waals surface area contributed by atoms with E-state index in [4.69, 9.17) is 16.9 Å². The van der Waals surface area contributed by atoms with E-state index in [-0.39, 0.29) is 0 Å². The van der Waals surface area contributed by atoms with Gasteiger partial charge in [-0.1, -0.05) is 29.8 Å². The molecule has 2 aromatic rings. The van der Waals surface area contributed by atoms with E-state index in [9.17, 15) is 0 Å². The lowest BCUT2D eigenvalue weighted by atomic mass is 10.2. The van der Waals surface area contributed by atoms with Gasteiger partial charge >= 0.3 is 0 Å². The van der Waals surface area contributed by atoms with Gasteiger partial charge in [-0.05, 0) is 18.2 Å². The van der Waals surface area contributed by atoms with Crippen LogP contribution in [0.3, 0.4) is 0 Å². The van der Waals surface area contributed by atoms with E-state index in [2.05, 4.69) is 6.07 Å². The van der Waals surface area contributed by atoms with Gasteiger partial charge in [0.2, 0.25) is 0 Å². The third-order valence-electron chi connectivity index (χ3n) is 1.86. The molecular formula is C11H6ClNS.